The van der Waals surface area contributed by atoms with Crippen LogP contribution in [0.3, 0.4) is 0 Å². The monoisotopic (exact) mass is 243 g/mol. The molecule has 0 radical (unpaired) electrons. The van der Waals surface area contributed by atoms with Gasteiger partial charge in [0.05, 0.1) is 12.3 Å². The van der Waals surface area contributed by atoms with Gasteiger partial charge in [-0.25, -0.2) is 15.0 Å². The minimum Gasteiger partial charge on any atom is -0.478 e. The van der Waals surface area contributed by atoms with E-state index in [0.717, 1.165) is 28.9 Å². The number of nitrogens with zero attached hydrogens (tertiary/aromatic N) is 3. The fourth-order valence-electron chi connectivity index (χ4n) is 1.74. The molecule has 4 nitrogen and oxygen atoms in total. The summed E-state index contributed by atoms with van der Waals surface area (Å²) < 4.78 is 5.43. The van der Waals surface area contributed by atoms with Crippen LogP contribution >= 0.6 is 0 Å². The summed E-state index contributed by atoms with van der Waals surface area (Å²) in [6.45, 7) is 6.64. The molecule has 2 aromatic rings. The molecule has 0 bridgehead atoms. The van der Waals surface area contributed by atoms with Crippen molar-refractivity contribution in [1.29, 1.82) is 0 Å². The molecule has 0 N–H and O–H groups in total. The summed E-state index contributed by atoms with van der Waals surface area (Å²) >= 11 is 0. The molecule has 0 saturated carbocycles. The van der Waals surface area contributed by atoms with Crippen LogP contribution in [0.5, 0.6) is 5.88 Å². The topological polar surface area (TPSA) is 47.9 Å². The number of hydrogen-bond donors (Lipinski definition) is 0. The van der Waals surface area contributed by atoms with Gasteiger partial charge in [0, 0.05) is 23.0 Å². The van der Waals surface area contributed by atoms with E-state index in [1.807, 2.05) is 26.0 Å². The minimum atomic E-state index is 0.626. The summed E-state index contributed by atoms with van der Waals surface area (Å²) in [5.41, 5.74) is 3.95. The summed E-state index contributed by atoms with van der Waals surface area (Å²) in [7, 11) is 0. The number of hydrogen-bond acceptors (Lipinski definition) is 4. The van der Waals surface area contributed by atoms with Crippen molar-refractivity contribution in [2.45, 2.75) is 27.2 Å². The van der Waals surface area contributed by atoms with E-state index in [0.29, 0.717) is 12.5 Å². The number of ether oxygens (including phenoxy) is 1. The van der Waals surface area contributed by atoms with E-state index < -0.39 is 0 Å². The largest absolute Gasteiger partial charge is 0.478 e. The molecule has 0 spiro atoms. The smallest absolute Gasteiger partial charge is 0.216 e. The zero-order valence-corrected chi connectivity index (χ0v) is 11.0. The molecule has 0 aliphatic rings. The van der Waals surface area contributed by atoms with Crippen LogP contribution in [0.15, 0.2) is 24.7 Å². The Morgan fingerprint density at radius 2 is 1.94 bits per heavy atom. The van der Waals surface area contributed by atoms with Gasteiger partial charge >= 0.3 is 0 Å². The molecular formula is C14H17N3O. The van der Waals surface area contributed by atoms with Gasteiger partial charge in [-0.1, -0.05) is 6.92 Å². The van der Waals surface area contributed by atoms with E-state index in [-0.39, 0.29) is 0 Å². The predicted molar refractivity (Wildman–Crippen MR) is 70.5 cm³/mol. The maximum absolute atomic E-state index is 5.43. The Morgan fingerprint density at radius 3 is 2.61 bits per heavy atom. The molecule has 0 atom stereocenters. The van der Waals surface area contributed by atoms with Crippen LogP contribution in [0.2, 0.25) is 0 Å². The van der Waals surface area contributed by atoms with Crippen molar-refractivity contribution in [3.05, 3.63) is 35.9 Å². The first-order chi connectivity index (χ1) is 8.74. The van der Waals surface area contributed by atoms with Gasteiger partial charge in [-0.05, 0) is 32.4 Å². The van der Waals surface area contributed by atoms with Crippen molar-refractivity contribution in [2.24, 2.45) is 0 Å². The van der Waals surface area contributed by atoms with Gasteiger partial charge in [0.2, 0.25) is 5.88 Å². The Balaban J connectivity index is 2.35. The van der Waals surface area contributed by atoms with Gasteiger partial charge in [-0.2, -0.15) is 0 Å². The Labute approximate surface area is 107 Å². The third kappa shape index (κ3) is 2.64. The SMILES string of the molecule is CCOc1ncc(-c2cc(CC)ncn2)cc1C. The zero-order valence-electron chi connectivity index (χ0n) is 11.0. The molecule has 18 heavy (non-hydrogen) atoms. The Bertz CT molecular complexity index is 540. The van der Waals surface area contributed by atoms with Gasteiger partial charge in [-0.15, -0.1) is 0 Å². The van der Waals surface area contributed by atoms with Crippen LogP contribution in [-0.2, 0) is 6.42 Å². The highest BCUT2D eigenvalue weighted by Gasteiger charge is 2.06. The van der Waals surface area contributed by atoms with Gasteiger partial charge in [-0.3, -0.25) is 0 Å². The lowest BCUT2D eigenvalue weighted by molar-refractivity contribution is 0.324. The van der Waals surface area contributed by atoms with Crippen LogP contribution in [0.4, 0.5) is 0 Å². The molecule has 0 saturated heterocycles. The molecule has 2 heterocycles. The number of pyridine rings is 1. The van der Waals surface area contributed by atoms with Crippen molar-refractivity contribution in [3.8, 4) is 17.1 Å². The molecule has 0 aliphatic heterocycles. The molecular weight excluding hydrogens is 226 g/mol. The second-order valence-electron chi connectivity index (χ2n) is 4.03. The summed E-state index contributed by atoms with van der Waals surface area (Å²) in [4.78, 5) is 12.8. The van der Waals surface area contributed by atoms with Crippen LogP contribution in [0.1, 0.15) is 25.1 Å². The first kappa shape index (κ1) is 12.5. The van der Waals surface area contributed by atoms with Gasteiger partial charge in [0.15, 0.2) is 0 Å². The zero-order chi connectivity index (χ0) is 13.0. The van der Waals surface area contributed by atoms with Crippen LogP contribution < -0.4 is 4.74 Å². The minimum absolute atomic E-state index is 0.626. The Kier molecular flexibility index (Phi) is 3.87. The molecule has 94 valence electrons. The van der Waals surface area contributed by atoms with E-state index >= 15 is 0 Å². The molecule has 0 unspecified atom stereocenters. The maximum Gasteiger partial charge on any atom is 0.216 e. The van der Waals surface area contributed by atoms with Crippen molar-refractivity contribution >= 4 is 0 Å². The van der Waals surface area contributed by atoms with Crippen molar-refractivity contribution in [2.75, 3.05) is 6.61 Å². The highest BCUT2D eigenvalue weighted by atomic mass is 16.5. The molecule has 4 heteroatoms. The van der Waals surface area contributed by atoms with Crippen molar-refractivity contribution < 1.29 is 4.74 Å². The van der Waals surface area contributed by atoms with E-state index in [4.69, 9.17) is 4.74 Å². The third-order valence-electron chi connectivity index (χ3n) is 2.69. The normalized spacial score (nSPS) is 10.4. The van der Waals surface area contributed by atoms with Crippen LogP contribution in [-0.4, -0.2) is 21.6 Å². The molecule has 0 aromatic carbocycles. The van der Waals surface area contributed by atoms with Gasteiger partial charge < -0.3 is 4.74 Å². The molecule has 0 aliphatic carbocycles. The predicted octanol–water partition coefficient (Wildman–Crippen LogP) is 2.81. The standard InChI is InChI=1S/C14H17N3O/c1-4-12-7-13(17-9-16-12)11-6-10(3)14(15-8-11)18-5-2/h6-9H,4-5H2,1-3H3. The van der Waals surface area contributed by atoms with Gasteiger partial charge in [0.25, 0.3) is 0 Å². The van der Waals surface area contributed by atoms with E-state index in [1.54, 1.807) is 12.5 Å². The van der Waals surface area contributed by atoms with E-state index in [1.165, 1.54) is 0 Å². The average Bonchev–Trinajstić information content (AvgIpc) is 2.41. The number of aromatic nitrogens is 3. The third-order valence-corrected chi connectivity index (χ3v) is 2.69. The summed E-state index contributed by atoms with van der Waals surface area (Å²) in [6.07, 6.45) is 4.29. The van der Waals surface area contributed by atoms with Crippen molar-refractivity contribution in [3.63, 3.8) is 0 Å². The second kappa shape index (κ2) is 5.58. The molecule has 0 fully saturated rings. The quantitative estimate of drug-likeness (QED) is 0.828. The lowest BCUT2D eigenvalue weighted by Gasteiger charge is -2.08. The highest BCUT2D eigenvalue weighted by molar-refractivity contribution is 5.59. The second-order valence-corrected chi connectivity index (χ2v) is 4.03. The first-order valence-corrected chi connectivity index (χ1v) is 6.15. The average molecular weight is 243 g/mol. The fourth-order valence-corrected chi connectivity index (χ4v) is 1.74. The van der Waals surface area contributed by atoms with Crippen LogP contribution in [0.25, 0.3) is 11.3 Å². The Morgan fingerprint density at radius 1 is 1.11 bits per heavy atom. The number of aryl methyl sites for hydroxylation is 2. The Hall–Kier alpha value is -1.97. The van der Waals surface area contributed by atoms with Crippen molar-refractivity contribution in [1.82, 2.24) is 15.0 Å². The lowest BCUT2D eigenvalue weighted by atomic mass is 10.1. The maximum atomic E-state index is 5.43. The summed E-state index contributed by atoms with van der Waals surface area (Å²) in [6, 6.07) is 4.04. The fraction of sp³-hybridized carbons (Fsp3) is 0.357. The first-order valence-electron chi connectivity index (χ1n) is 6.15. The van der Waals surface area contributed by atoms with Gasteiger partial charge in [0.1, 0.15) is 6.33 Å². The molecule has 0 amide bonds. The van der Waals surface area contributed by atoms with E-state index in [9.17, 15) is 0 Å². The lowest BCUT2D eigenvalue weighted by Crippen LogP contribution is -1.98. The molecule has 2 aromatic heterocycles. The highest BCUT2D eigenvalue weighted by Crippen LogP contribution is 2.22. The summed E-state index contributed by atoms with van der Waals surface area (Å²) in [5.74, 6) is 0.686. The van der Waals surface area contributed by atoms with Crippen LogP contribution in [0, 0.1) is 6.92 Å². The number of rotatable bonds is 4. The summed E-state index contributed by atoms with van der Waals surface area (Å²) in [5, 5.41) is 0. The molecule has 2 rings (SSSR count). The van der Waals surface area contributed by atoms with E-state index in [2.05, 4.69) is 21.9 Å².